The Hall–Kier alpha value is -5.61. The molecule has 0 spiro atoms. The molecular weight excluding hydrogens is 500 g/mol. The second-order valence-electron chi connectivity index (χ2n) is 10.2. The van der Waals surface area contributed by atoms with Crippen molar-refractivity contribution in [2.75, 3.05) is 0 Å². The third-order valence-electron chi connectivity index (χ3n) is 7.81. The van der Waals surface area contributed by atoms with Crippen molar-refractivity contribution in [3.8, 4) is 39.3 Å². The lowest BCUT2D eigenvalue weighted by Crippen LogP contribution is -1.94. The van der Waals surface area contributed by atoms with Crippen LogP contribution in [0.3, 0.4) is 0 Å². The first kappa shape index (κ1) is 23.3. The summed E-state index contributed by atoms with van der Waals surface area (Å²) in [5.74, 6) is 0. The van der Waals surface area contributed by atoms with Gasteiger partial charge < -0.3 is 4.57 Å². The molecule has 0 amide bonds. The topological polar surface area (TPSA) is 43.6 Å². The van der Waals surface area contributed by atoms with Crippen molar-refractivity contribution < 1.29 is 0 Å². The van der Waals surface area contributed by atoms with Gasteiger partial charge in [0.25, 0.3) is 0 Å². The van der Waals surface area contributed by atoms with Crippen LogP contribution in [0.1, 0.15) is 0 Å². The van der Waals surface area contributed by atoms with Gasteiger partial charge in [-0.15, -0.1) is 0 Å². The summed E-state index contributed by atoms with van der Waals surface area (Å²) in [4.78, 5) is 13.8. The number of benzene rings is 4. The van der Waals surface area contributed by atoms with E-state index in [0.717, 1.165) is 50.2 Å². The van der Waals surface area contributed by atoms with Gasteiger partial charge in [-0.1, -0.05) is 78.9 Å². The minimum absolute atomic E-state index is 0.856. The van der Waals surface area contributed by atoms with Gasteiger partial charge in [-0.05, 0) is 64.4 Å². The van der Waals surface area contributed by atoms with Gasteiger partial charge in [0, 0.05) is 52.4 Å². The van der Waals surface area contributed by atoms with Crippen LogP contribution in [0.15, 0.2) is 146 Å². The molecule has 4 aromatic carbocycles. The van der Waals surface area contributed by atoms with Crippen molar-refractivity contribution in [2.24, 2.45) is 0 Å². The summed E-state index contributed by atoms with van der Waals surface area (Å²) < 4.78 is 2.30. The van der Waals surface area contributed by atoms with E-state index in [4.69, 9.17) is 9.97 Å². The lowest BCUT2D eigenvalue weighted by Gasteiger charge is -2.09. The highest BCUT2D eigenvalue weighted by Crippen LogP contribution is 2.32. The van der Waals surface area contributed by atoms with Crippen molar-refractivity contribution in [1.29, 1.82) is 0 Å². The number of rotatable bonds is 4. The van der Waals surface area contributed by atoms with Crippen LogP contribution in [0.4, 0.5) is 0 Å². The predicted molar refractivity (Wildman–Crippen MR) is 168 cm³/mol. The molecular formula is C37H24N4. The Morgan fingerprint density at radius 1 is 0.439 bits per heavy atom. The van der Waals surface area contributed by atoms with Crippen molar-refractivity contribution in [1.82, 2.24) is 19.5 Å². The first-order valence-corrected chi connectivity index (χ1v) is 13.7. The van der Waals surface area contributed by atoms with Crippen LogP contribution in [0, 0.1) is 0 Å². The Balaban J connectivity index is 1.06. The largest absolute Gasteiger partial charge is 0.309 e. The third-order valence-corrected chi connectivity index (χ3v) is 7.81. The molecule has 0 unspecified atom stereocenters. The standard InChI is InChI=1S/C37H24N4/c1-2-6-27-21-28(10-9-25(27)5-1)30-14-18-35(40-23-30)34-17-13-29(22-39-34)26-11-15-31(16-12-26)41-36-8-4-3-7-32(36)33-24-38-20-19-37(33)41/h1-24H. The highest BCUT2D eigenvalue weighted by molar-refractivity contribution is 6.08. The van der Waals surface area contributed by atoms with E-state index in [2.05, 4.69) is 119 Å². The van der Waals surface area contributed by atoms with Gasteiger partial charge in [0.1, 0.15) is 0 Å². The molecule has 4 heterocycles. The molecule has 192 valence electrons. The zero-order valence-corrected chi connectivity index (χ0v) is 22.1. The van der Waals surface area contributed by atoms with Crippen LogP contribution in [0.2, 0.25) is 0 Å². The quantitative estimate of drug-likeness (QED) is 0.231. The fourth-order valence-corrected chi connectivity index (χ4v) is 5.70. The number of hydrogen-bond donors (Lipinski definition) is 0. The van der Waals surface area contributed by atoms with Gasteiger partial charge in [-0.3, -0.25) is 15.0 Å². The minimum Gasteiger partial charge on any atom is -0.309 e. The van der Waals surface area contributed by atoms with Crippen LogP contribution in [0.5, 0.6) is 0 Å². The maximum Gasteiger partial charge on any atom is 0.0886 e. The molecule has 8 rings (SSSR count). The molecule has 4 aromatic heterocycles. The van der Waals surface area contributed by atoms with Gasteiger partial charge in [0.2, 0.25) is 0 Å². The summed E-state index contributed by atoms with van der Waals surface area (Å²) in [5, 5.41) is 4.83. The maximum absolute atomic E-state index is 4.75. The Bertz CT molecular complexity index is 2120. The van der Waals surface area contributed by atoms with Gasteiger partial charge in [0.15, 0.2) is 0 Å². The second-order valence-corrected chi connectivity index (χ2v) is 10.2. The van der Waals surface area contributed by atoms with Gasteiger partial charge in [0.05, 0.1) is 22.4 Å². The molecule has 0 N–H and O–H groups in total. The van der Waals surface area contributed by atoms with E-state index in [1.165, 1.54) is 21.7 Å². The number of fused-ring (bicyclic) bond motifs is 4. The summed E-state index contributed by atoms with van der Waals surface area (Å²) in [6, 6.07) is 42.5. The van der Waals surface area contributed by atoms with E-state index in [9.17, 15) is 0 Å². The normalized spacial score (nSPS) is 11.4. The monoisotopic (exact) mass is 524 g/mol. The number of aromatic nitrogens is 4. The molecule has 41 heavy (non-hydrogen) atoms. The molecule has 0 saturated carbocycles. The molecule has 0 aliphatic carbocycles. The zero-order valence-electron chi connectivity index (χ0n) is 22.1. The van der Waals surface area contributed by atoms with Crippen LogP contribution in [-0.2, 0) is 0 Å². The van der Waals surface area contributed by atoms with Crippen molar-refractivity contribution in [3.05, 3.63) is 146 Å². The summed E-state index contributed by atoms with van der Waals surface area (Å²) >= 11 is 0. The average molecular weight is 525 g/mol. The van der Waals surface area contributed by atoms with E-state index < -0.39 is 0 Å². The van der Waals surface area contributed by atoms with E-state index in [0.29, 0.717) is 0 Å². The molecule has 0 fully saturated rings. The smallest absolute Gasteiger partial charge is 0.0886 e. The summed E-state index contributed by atoms with van der Waals surface area (Å²) in [6.07, 6.45) is 7.65. The van der Waals surface area contributed by atoms with Crippen LogP contribution in [0.25, 0.3) is 71.9 Å². The predicted octanol–water partition coefficient (Wildman–Crippen LogP) is 9.12. The van der Waals surface area contributed by atoms with Crippen molar-refractivity contribution in [3.63, 3.8) is 0 Å². The number of hydrogen-bond acceptors (Lipinski definition) is 3. The molecule has 0 aliphatic rings. The summed E-state index contributed by atoms with van der Waals surface area (Å²) in [6.45, 7) is 0. The average Bonchev–Trinajstić information content (AvgIpc) is 3.39. The number of pyridine rings is 3. The Morgan fingerprint density at radius 3 is 1.83 bits per heavy atom. The summed E-state index contributed by atoms with van der Waals surface area (Å²) in [7, 11) is 0. The molecule has 0 saturated heterocycles. The lowest BCUT2D eigenvalue weighted by molar-refractivity contribution is 1.17. The second kappa shape index (κ2) is 9.54. The Morgan fingerprint density at radius 2 is 1.07 bits per heavy atom. The highest BCUT2D eigenvalue weighted by atomic mass is 15.0. The Labute approximate surface area is 237 Å². The first-order valence-electron chi connectivity index (χ1n) is 13.7. The van der Waals surface area contributed by atoms with Crippen LogP contribution >= 0.6 is 0 Å². The third kappa shape index (κ3) is 4.05. The zero-order chi connectivity index (χ0) is 27.2. The molecule has 0 radical (unpaired) electrons. The van der Waals surface area contributed by atoms with Crippen LogP contribution < -0.4 is 0 Å². The molecule has 0 bridgehead atoms. The molecule has 4 nitrogen and oxygen atoms in total. The van der Waals surface area contributed by atoms with Crippen LogP contribution in [-0.4, -0.2) is 19.5 Å². The maximum atomic E-state index is 4.75. The van der Waals surface area contributed by atoms with Gasteiger partial charge in [-0.2, -0.15) is 0 Å². The Kier molecular flexibility index (Phi) is 5.42. The fourth-order valence-electron chi connectivity index (χ4n) is 5.70. The number of para-hydroxylation sites is 1. The molecule has 0 aliphatic heterocycles. The van der Waals surface area contributed by atoms with Crippen molar-refractivity contribution >= 4 is 32.6 Å². The fraction of sp³-hybridized carbons (Fsp3) is 0. The highest BCUT2D eigenvalue weighted by Gasteiger charge is 2.12. The summed E-state index contributed by atoms with van der Waals surface area (Å²) in [5.41, 5.74) is 9.60. The SMILES string of the molecule is c1ccc2cc(-c3ccc(-c4ccc(-c5ccc(-n6c7ccccc7c7cnccc76)cc5)cn4)nc3)ccc2c1. The van der Waals surface area contributed by atoms with E-state index in [1.54, 1.807) is 0 Å². The van der Waals surface area contributed by atoms with Crippen molar-refractivity contribution in [2.45, 2.75) is 0 Å². The molecule has 8 aromatic rings. The first-order chi connectivity index (χ1) is 20.3. The van der Waals surface area contributed by atoms with E-state index >= 15 is 0 Å². The molecule has 4 heteroatoms. The lowest BCUT2D eigenvalue weighted by atomic mass is 10.0. The van der Waals surface area contributed by atoms with E-state index in [1.807, 2.05) is 36.9 Å². The van der Waals surface area contributed by atoms with Gasteiger partial charge >= 0.3 is 0 Å². The number of nitrogens with zero attached hydrogens (tertiary/aromatic N) is 4. The van der Waals surface area contributed by atoms with Gasteiger partial charge in [-0.25, -0.2) is 0 Å². The van der Waals surface area contributed by atoms with E-state index in [-0.39, 0.29) is 0 Å². The molecule has 0 atom stereocenters. The minimum atomic E-state index is 0.856.